The van der Waals surface area contributed by atoms with Crippen LogP contribution in [0.2, 0.25) is 0 Å². The zero-order chi connectivity index (χ0) is 10.1. The topological polar surface area (TPSA) is 9.23 Å². The molecule has 0 atom stereocenters. The maximum Gasteiger partial charge on any atom is 0.141 e. The van der Waals surface area contributed by atoms with Crippen molar-refractivity contribution in [1.82, 2.24) is 0 Å². The van der Waals surface area contributed by atoms with Crippen LogP contribution in [0.1, 0.15) is 5.56 Å². The highest BCUT2D eigenvalue weighted by Gasteiger charge is 2.09. The summed E-state index contributed by atoms with van der Waals surface area (Å²) in [6, 6.07) is 3.50. The third-order valence-electron chi connectivity index (χ3n) is 2.03. The van der Waals surface area contributed by atoms with Gasteiger partial charge in [0.15, 0.2) is 0 Å². The van der Waals surface area contributed by atoms with Crippen LogP contribution in [0.25, 0.3) is 10.1 Å². The van der Waals surface area contributed by atoms with Gasteiger partial charge in [-0.1, -0.05) is 15.9 Å². The molecule has 4 heteroatoms. The molecule has 2 rings (SSSR count). The zero-order valence-corrected chi connectivity index (χ0v) is 9.91. The molecule has 0 unspecified atom stereocenters. The largest absolute Gasteiger partial charge is 0.495 e. The summed E-state index contributed by atoms with van der Waals surface area (Å²) >= 11 is 4.68. The second-order valence-electron chi connectivity index (χ2n) is 2.89. The molecule has 14 heavy (non-hydrogen) atoms. The summed E-state index contributed by atoms with van der Waals surface area (Å²) in [7, 11) is 1.60. The Labute approximate surface area is 93.6 Å². The van der Waals surface area contributed by atoms with E-state index >= 15 is 0 Å². The summed E-state index contributed by atoms with van der Waals surface area (Å²) in [5.74, 6) is 0.567. The van der Waals surface area contributed by atoms with Crippen LogP contribution in [0.3, 0.4) is 0 Å². The first-order chi connectivity index (χ1) is 6.76. The SMILES string of the molecule is COc1csc2c(F)cc(CBr)cc12. The molecule has 1 nitrogen and oxygen atoms in total. The number of methoxy groups -OCH3 is 1. The second-order valence-corrected chi connectivity index (χ2v) is 4.33. The first-order valence-corrected chi connectivity index (χ1v) is 6.06. The standard InChI is InChI=1S/C10H8BrFOS/c1-13-9-5-14-10-7(9)2-6(4-11)3-8(10)12/h2-3,5H,4H2,1H3. The van der Waals surface area contributed by atoms with Crippen molar-refractivity contribution in [3.63, 3.8) is 0 Å². The van der Waals surface area contributed by atoms with Crippen molar-refractivity contribution < 1.29 is 9.13 Å². The molecule has 0 amide bonds. The third kappa shape index (κ3) is 1.53. The van der Waals surface area contributed by atoms with Gasteiger partial charge < -0.3 is 4.74 Å². The van der Waals surface area contributed by atoms with Crippen LogP contribution in [0.5, 0.6) is 5.75 Å². The van der Waals surface area contributed by atoms with Gasteiger partial charge in [0.05, 0.1) is 11.8 Å². The maximum atomic E-state index is 13.5. The lowest BCUT2D eigenvalue weighted by atomic mass is 10.2. The molecule has 0 aliphatic heterocycles. The number of fused-ring (bicyclic) bond motifs is 1. The summed E-state index contributed by atoms with van der Waals surface area (Å²) in [6.45, 7) is 0. The lowest BCUT2D eigenvalue weighted by Crippen LogP contribution is -1.84. The lowest BCUT2D eigenvalue weighted by molar-refractivity contribution is 0.421. The fourth-order valence-electron chi connectivity index (χ4n) is 1.36. The van der Waals surface area contributed by atoms with Crippen LogP contribution >= 0.6 is 27.3 Å². The number of rotatable bonds is 2. The Bertz CT molecular complexity index is 466. The number of alkyl halides is 1. The average molecular weight is 275 g/mol. The predicted octanol–water partition coefficient (Wildman–Crippen LogP) is 3.94. The number of hydrogen-bond donors (Lipinski definition) is 0. The van der Waals surface area contributed by atoms with Gasteiger partial charge in [-0.05, 0) is 17.7 Å². The quantitative estimate of drug-likeness (QED) is 0.754. The van der Waals surface area contributed by atoms with E-state index in [1.165, 1.54) is 11.3 Å². The molecule has 0 fully saturated rings. The van der Waals surface area contributed by atoms with E-state index in [0.29, 0.717) is 10.0 Å². The summed E-state index contributed by atoms with van der Waals surface area (Å²) in [6.07, 6.45) is 0. The first kappa shape index (κ1) is 9.93. The molecular formula is C10H8BrFOS. The number of halogens is 2. The van der Waals surface area contributed by atoms with Crippen molar-refractivity contribution in [2.45, 2.75) is 5.33 Å². The molecule has 0 aliphatic rings. The highest BCUT2D eigenvalue weighted by Crippen LogP contribution is 2.34. The molecule has 0 N–H and O–H groups in total. The Morgan fingerprint density at radius 3 is 2.93 bits per heavy atom. The van der Waals surface area contributed by atoms with Crippen molar-refractivity contribution in [1.29, 1.82) is 0 Å². The minimum absolute atomic E-state index is 0.176. The van der Waals surface area contributed by atoms with Crippen molar-refractivity contribution in [3.8, 4) is 5.75 Å². The molecule has 1 aromatic carbocycles. The summed E-state index contributed by atoms with van der Waals surface area (Å²) in [4.78, 5) is 0. The Hall–Kier alpha value is -0.610. The van der Waals surface area contributed by atoms with Gasteiger partial charge in [-0.3, -0.25) is 0 Å². The molecule has 0 saturated carbocycles. The van der Waals surface area contributed by atoms with E-state index in [9.17, 15) is 4.39 Å². The Morgan fingerprint density at radius 2 is 2.29 bits per heavy atom. The van der Waals surface area contributed by atoms with Crippen LogP contribution in [0, 0.1) is 5.82 Å². The third-order valence-corrected chi connectivity index (χ3v) is 3.66. The smallest absolute Gasteiger partial charge is 0.141 e. The second kappa shape index (κ2) is 3.87. The Balaban J connectivity index is 2.73. The molecule has 0 saturated heterocycles. The summed E-state index contributed by atoms with van der Waals surface area (Å²) < 4.78 is 19.3. The molecule has 1 heterocycles. The van der Waals surface area contributed by atoms with Gasteiger partial charge in [0.25, 0.3) is 0 Å². The predicted molar refractivity (Wildman–Crippen MR) is 61.0 cm³/mol. The summed E-state index contributed by atoms with van der Waals surface area (Å²) in [5, 5.41) is 3.33. The highest BCUT2D eigenvalue weighted by atomic mass is 79.9. The van der Waals surface area contributed by atoms with Gasteiger partial charge in [-0.15, -0.1) is 11.3 Å². The number of hydrogen-bond acceptors (Lipinski definition) is 2. The molecular weight excluding hydrogens is 267 g/mol. The molecule has 0 aliphatic carbocycles. The first-order valence-electron chi connectivity index (χ1n) is 4.06. The van der Waals surface area contributed by atoms with Gasteiger partial charge >= 0.3 is 0 Å². The van der Waals surface area contributed by atoms with Gasteiger partial charge in [0.2, 0.25) is 0 Å². The maximum absolute atomic E-state index is 13.5. The molecule has 0 radical (unpaired) electrons. The minimum atomic E-state index is -0.176. The van der Waals surface area contributed by atoms with Crippen molar-refractivity contribution in [3.05, 3.63) is 28.9 Å². The van der Waals surface area contributed by atoms with Crippen LogP contribution in [0.15, 0.2) is 17.5 Å². The van der Waals surface area contributed by atoms with Crippen LogP contribution < -0.4 is 4.74 Å². The number of benzene rings is 1. The highest BCUT2D eigenvalue weighted by molar-refractivity contribution is 9.08. The Kier molecular flexibility index (Phi) is 2.74. The number of ether oxygens (including phenoxy) is 1. The normalized spacial score (nSPS) is 10.8. The van der Waals surface area contributed by atoms with E-state index < -0.39 is 0 Å². The van der Waals surface area contributed by atoms with Gasteiger partial charge in [-0.2, -0.15) is 0 Å². The van der Waals surface area contributed by atoms with Gasteiger partial charge in [-0.25, -0.2) is 4.39 Å². The van der Waals surface area contributed by atoms with Crippen molar-refractivity contribution in [2.24, 2.45) is 0 Å². The van der Waals surface area contributed by atoms with Gasteiger partial charge in [0.1, 0.15) is 11.6 Å². The zero-order valence-electron chi connectivity index (χ0n) is 7.51. The van der Waals surface area contributed by atoms with Crippen molar-refractivity contribution in [2.75, 3.05) is 7.11 Å². The molecule has 74 valence electrons. The minimum Gasteiger partial charge on any atom is -0.495 e. The molecule has 1 aromatic heterocycles. The average Bonchev–Trinajstić information content (AvgIpc) is 2.61. The molecule has 2 aromatic rings. The summed E-state index contributed by atoms with van der Waals surface area (Å²) in [5.41, 5.74) is 0.923. The fourth-order valence-corrected chi connectivity index (χ4v) is 2.59. The number of thiophene rings is 1. The monoisotopic (exact) mass is 274 g/mol. The van der Waals surface area contributed by atoms with Crippen LogP contribution in [0.4, 0.5) is 4.39 Å². The van der Waals surface area contributed by atoms with E-state index in [1.807, 2.05) is 11.4 Å². The van der Waals surface area contributed by atoms with E-state index in [4.69, 9.17) is 4.74 Å². The van der Waals surface area contributed by atoms with Crippen LogP contribution in [-0.4, -0.2) is 7.11 Å². The van der Waals surface area contributed by atoms with E-state index in [2.05, 4.69) is 15.9 Å². The fraction of sp³-hybridized carbons (Fsp3) is 0.200. The van der Waals surface area contributed by atoms with E-state index in [1.54, 1.807) is 13.2 Å². The Morgan fingerprint density at radius 1 is 1.50 bits per heavy atom. The van der Waals surface area contributed by atoms with E-state index in [-0.39, 0.29) is 5.82 Å². The molecule has 0 spiro atoms. The van der Waals surface area contributed by atoms with Crippen molar-refractivity contribution >= 4 is 37.4 Å². The van der Waals surface area contributed by atoms with E-state index in [0.717, 1.165) is 16.7 Å². The van der Waals surface area contributed by atoms with Crippen LogP contribution in [-0.2, 0) is 5.33 Å². The lowest BCUT2D eigenvalue weighted by Gasteiger charge is -2.00. The van der Waals surface area contributed by atoms with Gasteiger partial charge in [0, 0.05) is 16.1 Å². The molecule has 0 bridgehead atoms.